The molecule has 2 rings (SSSR count). The van der Waals surface area contributed by atoms with Gasteiger partial charge in [0.15, 0.2) is 11.5 Å². The monoisotopic (exact) mass is 357 g/mol. The van der Waals surface area contributed by atoms with Gasteiger partial charge in [-0.15, -0.1) is 0 Å². The molecule has 0 saturated heterocycles. The van der Waals surface area contributed by atoms with Crippen molar-refractivity contribution in [2.45, 2.75) is 12.5 Å². The van der Waals surface area contributed by atoms with E-state index in [-0.39, 0.29) is 23.7 Å². The van der Waals surface area contributed by atoms with Gasteiger partial charge in [0.2, 0.25) is 5.91 Å². The summed E-state index contributed by atoms with van der Waals surface area (Å²) in [5.74, 6) is -1.40. The first kappa shape index (κ1) is 18.9. The van der Waals surface area contributed by atoms with Crippen LogP contribution < -0.4 is 10.1 Å². The van der Waals surface area contributed by atoms with Crippen LogP contribution in [0.2, 0.25) is 0 Å². The Labute approximate surface area is 150 Å². The predicted molar refractivity (Wildman–Crippen MR) is 95.1 cm³/mol. The third-order valence-corrected chi connectivity index (χ3v) is 3.62. The van der Waals surface area contributed by atoms with Crippen molar-refractivity contribution in [1.82, 2.24) is 5.32 Å². The van der Waals surface area contributed by atoms with E-state index in [1.165, 1.54) is 37.5 Å². The lowest BCUT2D eigenvalue weighted by Crippen LogP contribution is -2.41. The fourth-order valence-electron chi connectivity index (χ4n) is 2.26. The van der Waals surface area contributed by atoms with Gasteiger partial charge in [-0.05, 0) is 41.5 Å². The van der Waals surface area contributed by atoms with Gasteiger partial charge < -0.3 is 25.4 Å². The minimum Gasteiger partial charge on any atom is -0.508 e. The molecule has 0 heterocycles. The number of carbonyl (C=O) groups excluding carboxylic acids is 1. The number of aromatic hydroxyl groups is 2. The van der Waals surface area contributed by atoms with Crippen LogP contribution in [0, 0.1) is 0 Å². The van der Waals surface area contributed by atoms with Crippen molar-refractivity contribution in [3.63, 3.8) is 0 Å². The smallest absolute Gasteiger partial charge is 0.326 e. The Bertz CT molecular complexity index is 813. The molecule has 0 radical (unpaired) electrons. The molecule has 2 aromatic carbocycles. The lowest BCUT2D eigenvalue weighted by atomic mass is 10.1. The van der Waals surface area contributed by atoms with Crippen LogP contribution in [-0.2, 0) is 16.0 Å². The highest BCUT2D eigenvalue weighted by atomic mass is 16.5. The maximum atomic E-state index is 12.0. The minimum absolute atomic E-state index is 0.0195. The summed E-state index contributed by atoms with van der Waals surface area (Å²) in [5, 5.41) is 30.5. The highest BCUT2D eigenvalue weighted by molar-refractivity contribution is 5.94. The maximum absolute atomic E-state index is 12.0. The van der Waals surface area contributed by atoms with Gasteiger partial charge >= 0.3 is 5.97 Å². The van der Waals surface area contributed by atoms with E-state index in [1.807, 2.05) is 0 Å². The molecule has 0 saturated carbocycles. The van der Waals surface area contributed by atoms with Gasteiger partial charge in [-0.2, -0.15) is 0 Å². The molecule has 26 heavy (non-hydrogen) atoms. The van der Waals surface area contributed by atoms with Gasteiger partial charge in [-0.3, -0.25) is 4.79 Å². The molecule has 7 heteroatoms. The number of carboxylic acids is 1. The summed E-state index contributed by atoms with van der Waals surface area (Å²) in [5.41, 5.74) is 1.28. The van der Waals surface area contributed by atoms with Crippen LogP contribution >= 0.6 is 0 Å². The van der Waals surface area contributed by atoms with Crippen LogP contribution in [0.15, 0.2) is 48.5 Å². The number of ether oxygens (including phenoxy) is 1. The number of rotatable bonds is 7. The fraction of sp³-hybridized carbons (Fsp3) is 0.158. The number of benzene rings is 2. The second-order valence-electron chi connectivity index (χ2n) is 5.53. The van der Waals surface area contributed by atoms with Crippen LogP contribution in [0.4, 0.5) is 0 Å². The molecule has 0 bridgehead atoms. The summed E-state index contributed by atoms with van der Waals surface area (Å²) in [7, 11) is 1.41. The molecule has 0 aromatic heterocycles. The van der Waals surface area contributed by atoms with Gasteiger partial charge in [0.1, 0.15) is 11.8 Å². The second-order valence-corrected chi connectivity index (χ2v) is 5.53. The Morgan fingerprint density at radius 3 is 2.46 bits per heavy atom. The Hall–Kier alpha value is -3.48. The average Bonchev–Trinajstić information content (AvgIpc) is 2.62. The Kier molecular flexibility index (Phi) is 6.21. The van der Waals surface area contributed by atoms with Gasteiger partial charge in [0.25, 0.3) is 0 Å². The number of aliphatic carboxylic acids is 1. The van der Waals surface area contributed by atoms with Crippen LogP contribution in [-0.4, -0.2) is 40.3 Å². The lowest BCUT2D eigenvalue weighted by molar-refractivity contribution is -0.141. The first-order valence-electron chi connectivity index (χ1n) is 7.75. The van der Waals surface area contributed by atoms with Crippen molar-refractivity contribution in [3.05, 3.63) is 59.7 Å². The van der Waals surface area contributed by atoms with Gasteiger partial charge in [0.05, 0.1) is 7.11 Å². The molecule has 0 aliphatic carbocycles. The topological polar surface area (TPSA) is 116 Å². The SMILES string of the molecule is COc1cc(/C=C/C(=O)NC(Cc2ccc(O)cc2)C(=O)O)ccc1O. The molecule has 1 atom stereocenters. The van der Waals surface area contributed by atoms with Crippen molar-refractivity contribution < 1.29 is 29.6 Å². The van der Waals surface area contributed by atoms with Gasteiger partial charge in [-0.1, -0.05) is 18.2 Å². The predicted octanol–water partition coefficient (Wildman–Crippen LogP) is 1.93. The Balaban J connectivity index is 2.03. The maximum Gasteiger partial charge on any atom is 0.326 e. The Morgan fingerprint density at radius 2 is 1.85 bits per heavy atom. The summed E-state index contributed by atoms with van der Waals surface area (Å²) in [6, 6.07) is 9.55. The molecule has 2 aromatic rings. The summed E-state index contributed by atoms with van der Waals surface area (Å²) in [6.07, 6.45) is 2.78. The minimum atomic E-state index is -1.16. The second kappa shape index (κ2) is 8.57. The zero-order valence-electron chi connectivity index (χ0n) is 14.0. The molecule has 136 valence electrons. The van der Waals surface area contributed by atoms with Crippen molar-refractivity contribution in [2.24, 2.45) is 0 Å². The highest BCUT2D eigenvalue weighted by Gasteiger charge is 2.19. The van der Waals surface area contributed by atoms with E-state index in [9.17, 15) is 24.9 Å². The number of phenolic OH excluding ortho intramolecular Hbond substituents is 2. The van der Waals surface area contributed by atoms with Crippen LogP contribution in [0.5, 0.6) is 17.2 Å². The third kappa shape index (κ3) is 5.27. The molecule has 0 spiro atoms. The molecule has 1 unspecified atom stereocenters. The number of carbonyl (C=O) groups is 2. The Morgan fingerprint density at radius 1 is 1.15 bits per heavy atom. The summed E-state index contributed by atoms with van der Waals surface area (Å²) >= 11 is 0. The standard InChI is InChI=1S/C19H19NO6/c1-26-17-11-13(4-8-16(17)22)5-9-18(23)20-15(19(24)25)10-12-2-6-14(21)7-3-12/h2-9,11,15,21-22H,10H2,1H3,(H,20,23)(H,24,25)/b9-5+. The number of nitrogens with one attached hydrogen (secondary N) is 1. The van der Waals surface area contributed by atoms with E-state index < -0.39 is 17.9 Å². The molecule has 4 N–H and O–H groups in total. The largest absolute Gasteiger partial charge is 0.508 e. The summed E-state index contributed by atoms with van der Waals surface area (Å²) < 4.78 is 4.98. The average molecular weight is 357 g/mol. The quantitative estimate of drug-likeness (QED) is 0.563. The molecule has 0 aliphatic heterocycles. The van der Waals surface area contributed by atoms with E-state index >= 15 is 0 Å². The third-order valence-electron chi connectivity index (χ3n) is 3.62. The van der Waals surface area contributed by atoms with Crippen molar-refractivity contribution in [1.29, 1.82) is 0 Å². The zero-order valence-corrected chi connectivity index (χ0v) is 14.0. The number of methoxy groups -OCH3 is 1. The van der Waals surface area contributed by atoms with Crippen molar-refractivity contribution in [3.8, 4) is 17.2 Å². The zero-order chi connectivity index (χ0) is 19.1. The van der Waals surface area contributed by atoms with E-state index in [0.717, 1.165) is 0 Å². The van der Waals surface area contributed by atoms with E-state index in [4.69, 9.17) is 4.74 Å². The van der Waals surface area contributed by atoms with E-state index in [1.54, 1.807) is 24.3 Å². The number of phenols is 2. The molecule has 0 fully saturated rings. The van der Waals surface area contributed by atoms with E-state index in [2.05, 4.69) is 5.32 Å². The number of hydrogen-bond donors (Lipinski definition) is 4. The first-order chi connectivity index (χ1) is 12.4. The van der Waals surface area contributed by atoms with Crippen LogP contribution in [0.3, 0.4) is 0 Å². The molecule has 7 nitrogen and oxygen atoms in total. The van der Waals surface area contributed by atoms with Crippen LogP contribution in [0.1, 0.15) is 11.1 Å². The number of amides is 1. The van der Waals surface area contributed by atoms with Crippen molar-refractivity contribution in [2.75, 3.05) is 7.11 Å². The normalized spacial score (nSPS) is 11.9. The van der Waals surface area contributed by atoms with E-state index in [0.29, 0.717) is 11.1 Å². The molecular formula is C19H19NO6. The molecule has 1 amide bonds. The van der Waals surface area contributed by atoms with Gasteiger partial charge in [0, 0.05) is 12.5 Å². The summed E-state index contributed by atoms with van der Waals surface area (Å²) in [6.45, 7) is 0. The molecule has 0 aliphatic rings. The lowest BCUT2D eigenvalue weighted by Gasteiger charge is -2.13. The fourth-order valence-corrected chi connectivity index (χ4v) is 2.26. The summed E-state index contributed by atoms with van der Waals surface area (Å²) in [4.78, 5) is 23.4. The van der Waals surface area contributed by atoms with Crippen LogP contribution in [0.25, 0.3) is 6.08 Å². The molecular weight excluding hydrogens is 338 g/mol. The number of hydrogen-bond acceptors (Lipinski definition) is 5. The number of carboxylic acid groups (broad SMARTS) is 1. The highest BCUT2D eigenvalue weighted by Crippen LogP contribution is 2.26. The van der Waals surface area contributed by atoms with Gasteiger partial charge in [-0.25, -0.2) is 4.79 Å². The first-order valence-corrected chi connectivity index (χ1v) is 7.75. The van der Waals surface area contributed by atoms with Crippen molar-refractivity contribution >= 4 is 18.0 Å².